The van der Waals surface area contributed by atoms with Gasteiger partial charge in [-0.15, -0.1) is 0 Å². The van der Waals surface area contributed by atoms with Gasteiger partial charge in [-0.2, -0.15) is 0 Å². The summed E-state index contributed by atoms with van der Waals surface area (Å²) in [4.78, 5) is 20.0. The molecular formula is C50H32N4O. The van der Waals surface area contributed by atoms with Crippen molar-refractivity contribution in [2.75, 3.05) is 0 Å². The standard InChI is InChI=1S/C50H32N4O/c1-3-12-31(13-4-1)48-52-49(32-14-5-2-6-15-32)54-50(53-48)41-20-11-21-46-47(41)43-29-34(24-27-45(43)55-46)44-26-23-35(30-51-44)33-22-25-40-38-18-8-7-16-36(38)37-17-9-10-19-39(37)42(40)28-33/h1-21,23-30,33H,22H2. The number of aromatic nitrogens is 4. The smallest absolute Gasteiger partial charge is 0.164 e. The fraction of sp³-hybridized carbons (Fsp3) is 0.0400. The van der Waals surface area contributed by atoms with Gasteiger partial charge in [-0.05, 0) is 74.3 Å². The summed E-state index contributed by atoms with van der Waals surface area (Å²) in [6.07, 6.45) is 7.83. The second-order valence-electron chi connectivity index (χ2n) is 14.1. The Balaban J connectivity index is 0.996. The lowest BCUT2D eigenvalue weighted by molar-refractivity contribution is 0.669. The minimum Gasteiger partial charge on any atom is -0.456 e. The van der Waals surface area contributed by atoms with E-state index in [0.29, 0.717) is 17.5 Å². The lowest BCUT2D eigenvalue weighted by Gasteiger charge is -2.17. The predicted octanol–water partition coefficient (Wildman–Crippen LogP) is 10.9. The van der Waals surface area contributed by atoms with Crippen molar-refractivity contribution in [3.63, 3.8) is 0 Å². The largest absolute Gasteiger partial charge is 0.456 e. The number of hydrogen-bond donors (Lipinski definition) is 0. The van der Waals surface area contributed by atoms with Gasteiger partial charge in [-0.25, -0.2) is 15.0 Å². The van der Waals surface area contributed by atoms with E-state index in [4.69, 9.17) is 24.4 Å². The van der Waals surface area contributed by atoms with Crippen LogP contribution in [-0.4, -0.2) is 19.9 Å². The molecule has 0 radical (unpaired) electrons. The summed E-state index contributed by atoms with van der Waals surface area (Å²) in [5, 5.41) is 9.81. The van der Waals surface area contributed by atoms with Crippen LogP contribution in [0.15, 0.2) is 168 Å². The molecule has 0 amide bonds. The zero-order chi connectivity index (χ0) is 36.3. The molecule has 258 valence electrons. The van der Waals surface area contributed by atoms with E-state index in [0.717, 1.165) is 56.3 Å². The maximum atomic E-state index is 6.42. The van der Waals surface area contributed by atoms with Crippen LogP contribution in [0.25, 0.3) is 101 Å². The molecule has 11 rings (SSSR count). The second kappa shape index (κ2) is 12.7. The summed E-state index contributed by atoms with van der Waals surface area (Å²) in [6.45, 7) is 0. The molecule has 1 aliphatic rings. The quantitative estimate of drug-likeness (QED) is 0.167. The van der Waals surface area contributed by atoms with Crippen LogP contribution in [-0.2, 0) is 0 Å². The number of benzene rings is 7. The second-order valence-corrected chi connectivity index (χ2v) is 14.1. The van der Waals surface area contributed by atoms with Gasteiger partial charge in [0.1, 0.15) is 11.2 Å². The van der Waals surface area contributed by atoms with Crippen molar-refractivity contribution in [1.29, 1.82) is 0 Å². The van der Waals surface area contributed by atoms with Gasteiger partial charge in [0.2, 0.25) is 0 Å². The van der Waals surface area contributed by atoms with E-state index in [1.807, 2.05) is 85.1 Å². The average molecular weight is 705 g/mol. The topological polar surface area (TPSA) is 64.7 Å². The van der Waals surface area contributed by atoms with Gasteiger partial charge < -0.3 is 4.42 Å². The van der Waals surface area contributed by atoms with Gasteiger partial charge in [-0.1, -0.05) is 140 Å². The van der Waals surface area contributed by atoms with Crippen LogP contribution in [0, 0.1) is 0 Å². The Labute approximate surface area is 316 Å². The molecule has 1 aliphatic carbocycles. The van der Waals surface area contributed by atoms with Gasteiger partial charge in [-0.3, -0.25) is 4.98 Å². The van der Waals surface area contributed by atoms with Gasteiger partial charge >= 0.3 is 0 Å². The molecule has 3 aromatic heterocycles. The summed E-state index contributed by atoms with van der Waals surface area (Å²) in [5.74, 6) is 2.08. The van der Waals surface area contributed by atoms with Crippen LogP contribution in [0.3, 0.4) is 0 Å². The summed E-state index contributed by atoms with van der Waals surface area (Å²) >= 11 is 0. The third-order valence-electron chi connectivity index (χ3n) is 10.9. The molecular weight excluding hydrogens is 673 g/mol. The SMILES string of the molecule is C1=c2c(c3ccccc3c3ccccc23)=CC(c2ccc(-c3ccc4oc5cccc(-c6nc(-c7ccccc7)nc(-c7ccccc7)n6)c5c4c3)nc2)C1. The third kappa shape index (κ3) is 5.32. The fourth-order valence-electron chi connectivity index (χ4n) is 8.24. The molecule has 0 fully saturated rings. The number of rotatable bonds is 5. The van der Waals surface area contributed by atoms with Gasteiger partial charge in [0.25, 0.3) is 0 Å². The normalized spacial score (nSPS) is 13.9. The van der Waals surface area contributed by atoms with E-state index in [1.165, 1.54) is 37.5 Å². The van der Waals surface area contributed by atoms with Crippen molar-refractivity contribution < 1.29 is 4.42 Å². The molecule has 0 saturated carbocycles. The molecule has 0 spiro atoms. The summed E-state index contributed by atoms with van der Waals surface area (Å²) in [6, 6.07) is 54.4. The Morgan fingerprint density at radius 3 is 1.78 bits per heavy atom. The third-order valence-corrected chi connectivity index (χ3v) is 10.9. The first-order valence-electron chi connectivity index (χ1n) is 18.7. The van der Waals surface area contributed by atoms with Gasteiger partial charge in [0, 0.05) is 45.1 Å². The highest BCUT2D eigenvalue weighted by molar-refractivity contribution is 6.13. The highest BCUT2D eigenvalue weighted by Crippen LogP contribution is 2.38. The van der Waals surface area contributed by atoms with Crippen LogP contribution in [0.5, 0.6) is 0 Å². The first kappa shape index (κ1) is 31.3. The maximum Gasteiger partial charge on any atom is 0.164 e. The lowest BCUT2D eigenvalue weighted by Crippen LogP contribution is -2.30. The minimum absolute atomic E-state index is 0.239. The van der Waals surface area contributed by atoms with Crippen molar-refractivity contribution in [1.82, 2.24) is 19.9 Å². The number of furan rings is 1. The van der Waals surface area contributed by atoms with Gasteiger partial charge in [0.15, 0.2) is 17.5 Å². The fourth-order valence-corrected chi connectivity index (χ4v) is 8.24. The Hall–Kier alpha value is -7.24. The first-order valence-corrected chi connectivity index (χ1v) is 18.7. The van der Waals surface area contributed by atoms with E-state index >= 15 is 0 Å². The molecule has 1 unspecified atom stereocenters. The Morgan fingerprint density at radius 2 is 1.11 bits per heavy atom. The van der Waals surface area contributed by atoms with Crippen molar-refractivity contribution in [2.45, 2.75) is 12.3 Å². The summed E-state index contributed by atoms with van der Waals surface area (Å²) in [7, 11) is 0. The molecule has 3 heterocycles. The molecule has 1 atom stereocenters. The van der Waals surface area contributed by atoms with E-state index < -0.39 is 0 Å². The van der Waals surface area contributed by atoms with Crippen molar-refractivity contribution in [2.24, 2.45) is 0 Å². The maximum absolute atomic E-state index is 6.42. The zero-order valence-corrected chi connectivity index (χ0v) is 29.7. The average Bonchev–Trinajstić information content (AvgIpc) is 3.65. The molecule has 7 aromatic carbocycles. The summed E-state index contributed by atoms with van der Waals surface area (Å²) < 4.78 is 6.42. The number of pyridine rings is 1. The van der Waals surface area contributed by atoms with Crippen molar-refractivity contribution >= 4 is 55.6 Å². The van der Waals surface area contributed by atoms with Crippen LogP contribution in [0.1, 0.15) is 17.9 Å². The molecule has 55 heavy (non-hydrogen) atoms. The predicted molar refractivity (Wildman–Crippen MR) is 224 cm³/mol. The van der Waals surface area contributed by atoms with Crippen molar-refractivity contribution in [3.8, 4) is 45.4 Å². The van der Waals surface area contributed by atoms with Gasteiger partial charge in [0.05, 0.1) is 5.69 Å². The molecule has 0 N–H and O–H groups in total. The number of hydrogen-bond acceptors (Lipinski definition) is 5. The molecule has 0 aliphatic heterocycles. The Morgan fingerprint density at radius 1 is 0.473 bits per heavy atom. The molecule has 5 nitrogen and oxygen atoms in total. The number of nitrogens with zero attached hydrogens (tertiary/aromatic N) is 4. The van der Waals surface area contributed by atoms with E-state index in [-0.39, 0.29) is 5.92 Å². The Bertz CT molecular complexity index is 3170. The number of fused-ring (bicyclic) bond motifs is 9. The molecule has 0 bridgehead atoms. The van der Waals surface area contributed by atoms with Crippen LogP contribution >= 0.6 is 0 Å². The highest BCUT2D eigenvalue weighted by atomic mass is 16.3. The monoisotopic (exact) mass is 704 g/mol. The Kier molecular flexibility index (Phi) is 7.24. The first-order chi connectivity index (χ1) is 27.2. The lowest BCUT2D eigenvalue weighted by atomic mass is 9.87. The van der Waals surface area contributed by atoms with Crippen molar-refractivity contribution in [3.05, 3.63) is 180 Å². The van der Waals surface area contributed by atoms with Crippen LogP contribution in [0.4, 0.5) is 0 Å². The molecule has 0 saturated heterocycles. The van der Waals surface area contributed by atoms with E-state index in [2.05, 4.69) is 91.0 Å². The molecule has 10 aromatic rings. The van der Waals surface area contributed by atoms with Crippen LogP contribution < -0.4 is 10.4 Å². The van der Waals surface area contributed by atoms with E-state index in [1.54, 1.807) is 0 Å². The summed E-state index contributed by atoms with van der Waals surface area (Å²) in [5.41, 5.74) is 7.46. The highest BCUT2D eigenvalue weighted by Gasteiger charge is 2.19. The minimum atomic E-state index is 0.239. The van der Waals surface area contributed by atoms with Crippen LogP contribution in [0.2, 0.25) is 0 Å². The zero-order valence-electron chi connectivity index (χ0n) is 29.7. The molecule has 5 heteroatoms. The van der Waals surface area contributed by atoms with E-state index in [9.17, 15) is 0 Å².